The van der Waals surface area contributed by atoms with Gasteiger partial charge in [-0.3, -0.25) is 10.1 Å². The lowest BCUT2D eigenvalue weighted by Crippen LogP contribution is -2.43. The van der Waals surface area contributed by atoms with E-state index in [0.29, 0.717) is 12.5 Å². The topological polar surface area (TPSA) is 49.4 Å². The van der Waals surface area contributed by atoms with Gasteiger partial charge in [0, 0.05) is 6.54 Å². The van der Waals surface area contributed by atoms with Crippen molar-refractivity contribution in [2.45, 2.75) is 25.6 Å². The van der Waals surface area contributed by atoms with Crippen molar-refractivity contribution in [1.82, 2.24) is 10.2 Å². The second kappa shape index (κ2) is 3.21. The second-order valence-electron chi connectivity index (χ2n) is 3.78. The van der Waals surface area contributed by atoms with Gasteiger partial charge in [0.05, 0.1) is 0 Å². The van der Waals surface area contributed by atoms with Gasteiger partial charge in [0.25, 0.3) is 5.91 Å². The first-order valence-electron chi connectivity index (χ1n) is 4.21. The minimum atomic E-state index is -0.999. The zero-order valence-corrected chi connectivity index (χ0v) is 8.89. The van der Waals surface area contributed by atoms with Gasteiger partial charge in [0.1, 0.15) is 0 Å². The Morgan fingerprint density at radius 2 is 2.08 bits per heavy atom. The third-order valence-corrected chi connectivity index (χ3v) is 2.41. The number of rotatable bonds is 2. The number of nitrogens with zero attached hydrogens (tertiary/aromatic N) is 1. The van der Waals surface area contributed by atoms with E-state index in [1.54, 1.807) is 6.92 Å². The molecule has 3 amide bonds. The minimum Gasteiger partial charge on any atom is -0.301 e. The Bertz CT molecular complexity index is 251. The van der Waals surface area contributed by atoms with Gasteiger partial charge in [-0.2, -0.15) is 0 Å². The standard InChI is InChI=1S/C8H14N2O2S/c1-5(2)4-10-7(12)9-6(11)8(10,3)13/h5,13H,4H2,1-3H3,(H,9,11,12). The Morgan fingerprint density at radius 1 is 1.54 bits per heavy atom. The van der Waals surface area contributed by atoms with Crippen molar-refractivity contribution in [2.24, 2.45) is 5.92 Å². The van der Waals surface area contributed by atoms with Crippen molar-refractivity contribution in [3.63, 3.8) is 0 Å². The van der Waals surface area contributed by atoms with Crippen LogP contribution < -0.4 is 5.32 Å². The predicted octanol–water partition coefficient (Wildman–Crippen LogP) is 0.840. The van der Waals surface area contributed by atoms with Gasteiger partial charge in [0.15, 0.2) is 4.87 Å². The van der Waals surface area contributed by atoms with Crippen LogP contribution in [-0.4, -0.2) is 28.3 Å². The van der Waals surface area contributed by atoms with Crippen LogP contribution in [0.15, 0.2) is 0 Å². The first-order valence-corrected chi connectivity index (χ1v) is 4.66. The number of urea groups is 1. The molecule has 1 aliphatic rings. The lowest BCUT2D eigenvalue weighted by atomic mass is 10.2. The average Bonchev–Trinajstić information content (AvgIpc) is 2.13. The lowest BCUT2D eigenvalue weighted by molar-refractivity contribution is -0.122. The van der Waals surface area contributed by atoms with Crippen LogP contribution in [0.5, 0.6) is 0 Å². The van der Waals surface area contributed by atoms with Crippen molar-refractivity contribution in [1.29, 1.82) is 0 Å². The van der Waals surface area contributed by atoms with E-state index in [1.807, 2.05) is 13.8 Å². The third kappa shape index (κ3) is 1.80. The molecule has 4 nitrogen and oxygen atoms in total. The van der Waals surface area contributed by atoms with E-state index in [9.17, 15) is 9.59 Å². The number of carbonyl (C=O) groups excluding carboxylic acids is 2. The fourth-order valence-electron chi connectivity index (χ4n) is 1.23. The lowest BCUT2D eigenvalue weighted by Gasteiger charge is -2.28. The van der Waals surface area contributed by atoms with Gasteiger partial charge in [0.2, 0.25) is 0 Å². The highest BCUT2D eigenvalue weighted by Crippen LogP contribution is 2.26. The molecule has 1 unspecified atom stereocenters. The van der Waals surface area contributed by atoms with E-state index >= 15 is 0 Å². The molecule has 0 spiro atoms. The van der Waals surface area contributed by atoms with Gasteiger partial charge < -0.3 is 4.90 Å². The summed E-state index contributed by atoms with van der Waals surface area (Å²) in [6, 6.07) is -0.351. The normalized spacial score (nSPS) is 28.5. The van der Waals surface area contributed by atoms with Gasteiger partial charge in [-0.25, -0.2) is 4.79 Å². The summed E-state index contributed by atoms with van der Waals surface area (Å²) in [6.45, 7) is 6.14. The quantitative estimate of drug-likeness (QED) is 0.515. The monoisotopic (exact) mass is 202 g/mol. The molecule has 1 saturated heterocycles. The number of hydrogen-bond donors (Lipinski definition) is 2. The Kier molecular flexibility index (Phi) is 2.56. The Hall–Kier alpha value is -0.710. The maximum absolute atomic E-state index is 11.3. The van der Waals surface area contributed by atoms with Gasteiger partial charge in [-0.1, -0.05) is 13.8 Å². The number of nitrogens with one attached hydrogen (secondary N) is 1. The molecule has 0 aromatic heterocycles. The summed E-state index contributed by atoms with van der Waals surface area (Å²) >= 11 is 4.17. The van der Waals surface area contributed by atoms with E-state index in [1.165, 1.54) is 4.90 Å². The molecular weight excluding hydrogens is 188 g/mol. The Morgan fingerprint density at radius 3 is 2.38 bits per heavy atom. The van der Waals surface area contributed by atoms with Gasteiger partial charge in [-0.05, 0) is 12.8 Å². The molecule has 1 heterocycles. The summed E-state index contributed by atoms with van der Waals surface area (Å²) in [5, 5.41) is 2.23. The van der Waals surface area contributed by atoms with Crippen LogP contribution >= 0.6 is 12.6 Å². The number of amides is 3. The molecule has 1 aliphatic heterocycles. The third-order valence-electron chi connectivity index (χ3n) is 1.97. The fraction of sp³-hybridized carbons (Fsp3) is 0.750. The van der Waals surface area contributed by atoms with E-state index in [2.05, 4.69) is 17.9 Å². The molecule has 1 N–H and O–H groups in total. The van der Waals surface area contributed by atoms with E-state index in [0.717, 1.165) is 0 Å². The summed E-state index contributed by atoms with van der Waals surface area (Å²) in [4.78, 5) is 23.0. The summed E-state index contributed by atoms with van der Waals surface area (Å²) in [6.07, 6.45) is 0. The molecule has 0 radical (unpaired) electrons. The molecule has 0 saturated carbocycles. The van der Waals surface area contributed by atoms with E-state index in [-0.39, 0.29) is 11.9 Å². The summed E-state index contributed by atoms with van der Waals surface area (Å²) in [5.74, 6) is -0.0235. The molecule has 0 aromatic carbocycles. The van der Waals surface area contributed by atoms with Crippen LogP contribution in [0.2, 0.25) is 0 Å². The van der Waals surface area contributed by atoms with E-state index in [4.69, 9.17) is 0 Å². The summed E-state index contributed by atoms with van der Waals surface area (Å²) in [5.41, 5.74) is 0. The Labute approximate surface area is 83.1 Å². The van der Waals surface area contributed by atoms with Crippen molar-refractivity contribution in [3.05, 3.63) is 0 Å². The smallest absolute Gasteiger partial charge is 0.301 e. The van der Waals surface area contributed by atoms with Crippen molar-refractivity contribution >= 4 is 24.6 Å². The number of hydrogen-bond acceptors (Lipinski definition) is 3. The SMILES string of the molecule is CC(C)CN1C(=O)NC(=O)C1(C)S. The Balaban J connectivity index is 2.82. The molecule has 13 heavy (non-hydrogen) atoms. The largest absolute Gasteiger partial charge is 0.325 e. The minimum absolute atomic E-state index is 0.322. The molecule has 5 heteroatoms. The summed E-state index contributed by atoms with van der Waals surface area (Å²) < 4.78 is 0. The summed E-state index contributed by atoms with van der Waals surface area (Å²) in [7, 11) is 0. The first kappa shape index (κ1) is 10.4. The molecule has 1 atom stereocenters. The van der Waals surface area contributed by atoms with Crippen molar-refractivity contribution in [3.8, 4) is 0 Å². The van der Waals surface area contributed by atoms with Crippen molar-refractivity contribution in [2.75, 3.05) is 6.54 Å². The average molecular weight is 202 g/mol. The molecular formula is C8H14N2O2S. The number of carbonyl (C=O) groups is 2. The molecule has 0 bridgehead atoms. The van der Waals surface area contributed by atoms with Crippen LogP contribution in [0.4, 0.5) is 4.79 Å². The predicted molar refractivity (Wildman–Crippen MR) is 52.5 cm³/mol. The maximum Gasteiger partial charge on any atom is 0.325 e. The number of imide groups is 1. The fourth-order valence-corrected chi connectivity index (χ4v) is 1.46. The van der Waals surface area contributed by atoms with Crippen LogP contribution in [0, 0.1) is 5.92 Å². The van der Waals surface area contributed by atoms with Crippen LogP contribution in [0.25, 0.3) is 0 Å². The highest BCUT2D eigenvalue weighted by molar-refractivity contribution is 7.82. The number of thiol groups is 1. The van der Waals surface area contributed by atoms with Gasteiger partial charge in [-0.15, -0.1) is 12.6 Å². The molecule has 74 valence electrons. The zero-order valence-electron chi connectivity index (χ0n) is 8.00. The van der Waals surface area contributed by atoms with Crippen LogP contribution in [-0.2, 0) is 4.79 Å². The van der Waals surface area contributed by atoms with Crippen LogP contribution in [0.1, 0.15) is 20.8 Å². The van der Waals surface area contributed by atoms with Gasteiger partial charge >= 0.3 is 6.03 Å². The maximum atomic E-state index is 11.3. The second-order valence-corrected chi connectivity index (χ2v) is 4.66. The zero-order chi connectivity index (χ0) is 10.2. The molecule has 0 aromatic rings. The highest BCUT2D eigenvalue weighted by Gasteiger charge is 2.46. The van der Waals surface area contributed by atoms with E-state index < -0.39 is 4.87 Å². The highest BCUT2D eigenvalue weighted by atomic mass is 32.1. The molecule has 1 rings (SSSR count). The molecule has 0 aliphatic carbocycles. The first-order chi connectivity index (χ1) is 5.85. The van der Waals surface area contributed by atoms with Crippen molar-refractivity contribution < 1.29 is 9.59 Å². The molecule has 1 fully saturated rings. The van der Waals surface area contributed by atoms with Crippen LogP contribution in [0.3, 0.4) is 0 Å².